The molecule has 41 heavy (non-hydrogen) atoms. The Morgan fingerprint density at radius 2 is 1.15 bits per heavy atom. The third-order valence-corrected chi connectivity index (χ3v) is 5.73. The van der Waals surface area contributed by atoms with Crippen molar-refractivity contribution in [2.45, 2.75) is 48.5 Å². The van der Waals surface area contributed by atoms with Gasteiger partial charge in [-0.05, 0) is 18.4 Å². The summed E-state index contributed by atoms with van der Waals surface area (Å²) in [5.41, 5.74) is 5.61. The van der Waals surface area contributed by atoms with Crippen LogP contribution in [0, 0.1) is 6.92 Å². The second kappa shape index (κ2) is 17.1. The molecule has 0 bridgehead atoms. The third-order valence-electron chi connectivity index (χ3n) is 5.73. The largest absolute Gasteiger partial charge is 0.252 e. The Morgan fingerprint density at radius 1 is 0.610 bits per heavy atom. The lowest BCUT2D eigenvalue weighted by atomic mass is 10.0. The molecule has 5 aromatic rings. The third kappa shape index (κ3) is 8.15. The number of aryl methyl sites for hydroxylation is 1. The molecule has 0 fully saturated rings. The van der Waals surface area contributed by atoms with Gasteiger partial charge in [0.15, 0.2) is 17.5 Å². The molecule has 0 spiro atoms. The molecule has 4 heteroatoms. The Balaban J connectivity index is 0.000000921. The summed E-state index contributed by atoms with van der Waals surface area (Å²) in [4.78, 5) is 19.1. The van der Waals surface area contributed by atoms with Gasteiger partial charge in [-0.15, -0.1) is 0 Å². The lowest BCUT2D eigenvalue weighted by Gasteiger charge is -2.10. The molecule has 0 saturated carbocycles. The van der Waals surface area contributed by atoms with Gasteiger partial charge in [0, 0.05) is 33.3 Å². The average Bonchev–Trinajstić information content (AvgIpc) is 3.06. The van der Waals surface area contributed by atoms with Gasteiger partial charge in [0.25, 0.3) is 0 Å². The number of allylic oxidation sites excluding steroid dienone is 4. The van der Waals surface area contributed by atoms with Crippen molar-refractivity contribution < 1.29 is 0 Å². The molecule has 210 valence electrons. The van der Waals surface area contributed by atoms with Gasteiger partial charge in [-0.3, -0.25) is 4.98 Å². The highest BCUT2D eigenvalue weighted by atomic mass is 15.0. The summed E-state index contributed by atoms with van der Waals surface area (Å²) >= 11 is 0. The van der Waals surface area contributed by atoms with Crippen LogP contribution in [0.2, 0.25) is 0 Å². The van der Waals surface area contributed by atoms with Gasteiger partial charge < -0.3 is 0 Å². The van der Waals surface area contributed by atoms with Gasteiger partial charge in [-0.2, -0.15) is 0 Å². The van der Waals surface area contributed by atoms with Gasteiger partial charge in [-0.1, -0.05) is 152 Å². The van der Waals surface area contributed by atoms with Gasteiger partial charge in [0.1, 0.15) is 0 Å². The second-order valence-electron chi connectivity index (χ2n) is 8.14. The molecule has 0 aliphatic carbocycles. The van der Waals surface area contributed by atoms with E-state index in [-0.39, 0.29) is 0 Å². The highest BCUT2D eigenvalue weighted by Crippen LogP contribution is 2.30. The molecule has 0 aliphatic heterocycles. The Bertz CT molecular complexity index is 1570. The quantitative estimate of drug-likeness (QED) is 0.200. The van der Waals surface area contributed by atoms with Crippen molar-refractivity contribution in [3.8, 4) is 34.0 Å². The number of benzene rings is 3. The average molecular weight is 543 g/mol. The number of rotatable bonds is 6. The van der Waals surface area contributed by atoms with E-state index in [2.05, 4.69) is 49.6 Å². The van der Waals surface area contributed by atoms with Crippen LogP contribution >= 0.6 is 0 Å². The Morgan fingerprint density at radius 3 is 1.73 bits per heavy atom. The minimum Gasteiger partial charge on any atom is -0.252 e. The predicted octanol–water partition coefficient (Wildman–Crippen LogP) is 10.6. The van der Waals surface area contributed by atoms with Crippen LogP contribution in [0.1, 0.15) is 53.1 Å². The number of pyridine rings is 1. The van der Waals surface area contributed by atoms with E-state index < -0.39 is 0 Å². The van der Waals surface area contributed by atoms with Crippen LogP contribution in [0.3, 0.4) is 0 Å². The molecule has 0 unspecified atom stereocenters. The maximum atomic E-state index is 4.83. The number of fused-ring (bicyclic) bond motifs is 1. The van der Waals surface area contributed by atoms with Crippen molar-refractivity contribution >= 4 is 16.3 Å². The van der Waals surface area contributed by atoms with E-state index in [4.69, 9.17) is 19.9 Å². The van der Waals surface area contributed by atoms with Crippen molar-refractivity contribution in [1.82, 2.24) is 19.9 Å². The molecule has 0 saturated heterocycles. The topological polar surface area (TPSA) is 51.6 Å². The molecule has 5 rings (SSSR count). The first-order valence-corrected chi connectivity index (χ1v) is 14.4. The van der Waals surface area contributed by atoms with Crippen molar-refractivity contribution in [2.24, 2.45) is 0 Å². The van der Waals surface area contributed by atoms with Crippen molar-refractivity contribution in [3.63, 3.8) is 0 Å². The lowest BCUT2D eigenvalue weighted by molar-refractivity contribution is 1.04. The molecule has 4 nitrogen and oxygen atoms in total. The second-order valence-corrected chi connectivity index (χ2v) is 8.14. The van der Waals surface area contributed by atoms with Gasteiger partial charge in [0.05, 0.1) is 5.69 Å². The fraction of sp³-hybridized carbons (Fsp3) is 0.189. The zero-order chi connectivity index (χ0) is 30.2. The van der Waals surface area contributed by atoms with Crippen LogP contribution in [-0.4, -0.2) is 19.9 Å². The monoisotopic (exact) mass is 542 g/mol. The summed E-state index contributed by atoms with van der Waals surface area (Å²) in [5, 5.41) is 2.31. The van der Waals surface area contributed by atoms with Crippen LogP contribution in [0.15, 0.2) is 116 Å². The van der Waals surface area contributed by atoms with E-state index >= 15 is 0 Å². The van der Waals surface area contributed by atoms with Crippen LogP contribution < -0.4 is 0 Å². The van der Waals surface area contributed by atoms with E-state index in [0.29, 0.717) is 17.5 Å². The lowest BCUT2D eigenvalue weighted by Crippen LogP contribution is -2.02. The fourth-order valence-corrected chi connectivity index (χ4v) is 4.04. The maximum Gasteiger partial charge on any atom is 0.164 e. The molecule has 3 aromatic carbocycles. The number of hydrogen-bond donors (Lipinski definition) is 0. The summed E-state index contributed by atoms with van der Waals surface area (Å²) in [6.45, 7) is 21.7. The molecule has 0 radical (unpaired) electrons. The Labute approximate surface area is 246 Å². The number of hydrogen-bond acceptors (Lipinski definition) is 4. The zero-order valence-electron chi connectivity index (χ0n) is 25.5. The van der Waals surface area contributed by atoms with Crippen LogP contribution in [0.4, 0.5) is 0 Å². The first kappa shape index (κ1) is 32.5. The first-order chi connectivity index (χ1) is 20.2. The summed E-state index contributed by atoms with van der Waals surface area (Å²) in [5.74, 6) is 1.76. The zero-order valence-corrected chi connectivity index (χ0v) is 25.5. The molecule has 0 atom stereocenters. The Kier molecular flexibility index (Phi) is 13.5. The van der Waals surface area contributed by atoms with Crippen LogP contribution in [0.25, 0.3) is 50.4 Å². The molecule has 2 heterocycles. The fourth-order valence-electron chi connectivity index (χ4n) is 4.04. The van der Waals surface area contributed by atoms with Crippen molar-refractivity contribution in [2.75, 3.05) is 0 Å². The van der Waals surface area contributed by atoms with E-state index in [1.165, 1.54) is 5.39 Å². The number of nitrogens with zero attached hydrogens (tertiary/aromatic N) is 4. The van der Waals surface area contributed by atoms with Gasteiger partial charge >= 0.3 is 0 Å². The summed E-state index contributed by atoms with van der Waals surface area (Å²) < 4.78 is 0. The van der Waals surface area contributed by atoms with Crippen molar-refractivity contribution in [3.05, 3.63) is 128 Å². The maximum absolute atomic E-state index is 4.83. The first-order valence-electron chi connectivity index (χ1n) is 14.4. The van der Waals surface area contributed by atoms with Crippen LogP contribution in [0.5, 0.6) is 0 Å². The Hall–Kier alpha value is -4.70. The number of aromatic nitrogens is 4. The molecule has 0 amide bonds. The van der Waals surface area contributed by atoms with Gasteiger partial charge in [0.2, 0.25) is 0 Å². The normalized spacial score (nSPS) is 10.2. The van der Waals surface area contributed by atoms with E-state index in [0.717, 1.165) is 39.0 Å². The highest BCUT2D eigenvalue weighted by Gasteiger charge is 2.13. The molecular weight excluding hydrogens is 500 g/mol. The molecule has 0 N–H and O–H groups in total. The van der Waals surface area contributed by atoms with E-state index in [1.54, 1.807) is 12.2 Å². The van der Waals surface area contributed by atoms with E-state index in [9.17, 15) is 0 Å². The smallest absolute Gasteiger partial charge is 0.164 e. The minimum atomic E-state index is 0.555. The van der Waals surface area contributed by atoms with Gasteiger partial charge in [-0.25, -0.2) is 15.0 Å². The SMILES string of the molecule is C=C/C=C(\C=C)c1nc(-c2ccccc2)nc(-c2ccc(-c3nc(C)cc4ccccc34)cc2)n1.CC.CC.CC. The molecular formula is C37H42N4. The summed E-state index contributed by atoms with van der Waals surface area (Å²) in [7, 11) is 0. The molecule has 2 aromatic heterocycles. The standard InChI is InChI=1S/C31H24N4.3C2H6/c1-4-11-22(5-2)29-33-30(24-12-7-6-8-13-24)35-31(34-29)25-18-16-23(17-19-25)28-27-15-10-9-14-26(27)20-21(3)32-28;3*1-2/h4-20H,1-2H2,3H3;3*1-2H3/b22-11+;;;. The highest BCUT2D eigenvalue weighted by molar-refractivity contribution is 5.95. The summed E-state index contributed by atoms with van der Waals surface area (Å²) in [6.07, 6.45) is 5.28. The van der Waals surface area contributed by atoms with E-state index in [1.807, 2.05) is 103 Å². The summed E-state index contributed by atoms with van der Waals surface area (Å²) in [6, 6.07) is 28.5. The van der Waals surface area contributed by atoms with Crippen molar-refractivity contribution in [1.29, 1.82) is 0 Å². The predicted molar refractivity (Wildman–Crippen MR) is 179 cm³/mol. The molecule has 0 aliphatic rings. The minimum absolute atomic E-state index is 0.555. The van der Waals surface area contributed by atoms with Crippen LogP contribution in [-0.2, 0) is 0 Å².